The Kier molecular flexibility index (Phi) is 5.15. The summed E-state index contributed by atoms with van der Waals surface area (Å²) in [6.07, 6.45) is 3.82. The number of carboxylic acids is 1. The number of carbonyl (C=O) groups is 1. The van der Waals surface area contributed by atoms with Crippen LogP contribution in [0.1, 0.15) is 32.2 Å². The highest BCUT2D eigenvalue weighted by atomic mass is 32.2. The monoisotopic (exact) mass is 285 g/mol. The second-order valence-corrected chi connectivity index (χ2v) is 5.74. The van der Waals surface area contributed by atoms with Crippen LogP contribution in [0.3, 0.4) is 0 Å². The minimum absolute atomic E-state index is 0.0171. The molecule has 1 aromatic rings. The fraction of sp³-hybridized carbons (Fsp3) is 0.818. The molecular formula is C11H19N5O2S. The average molecular weight is 285 g/mol. The fourth-order valence-corrected chi connectivity index (χ4v) is 2.97. The van der Waals surface area contributed by atoms with Crippen LogP contribution in [0.2, 0.25) is 0 Å². The number of piperidine rings is 1. The van der Waals surface area contributed by atoms with Crippen LogP contribution >= 0.6 is 11.8 Å². The van der Waals surface area contributed by atoms with Crippen LogP contribution in [-0.4, -0.2) is 61.6 Å². The number of likely N-dealkylation sites (tertiary alicyclic amines) is 1. The fourth-order valence-electron chi connectivity index (χ4n) is 2.28. The summed E-state index contributed by atoms with van der Waals surface area (Å²) >= 11 is 1.16. The van der Waals surface area contributed by atoms with Crippen molar-refractivity contribution in [3.63, 3.8) is 0 Å². The van der Waals surface area contributed by atoms with E-state index in [9.17, 15) is 4.79 Å². The second kappa shape index (κ2) is 6.85. The van der Waals surface area contributed by atoms with E-state index in [2.05, 4.69) is 27.3 Å². The first-order chi connectivity index (χ1) is 9.16. The van der Waals surface area contributed by atoms with Gasteiger partial charge in [-0.1, -0.05) is 18.2 Å². The molecule has 2 rings (SSSR count). The molecular weight excluding hydrogens is 266 g/mol. The molecule has 0 spiro atoms. The predicted octanol–water partition coefficient (Wildman–Crippen LogP) is 0.897. The lowest BCUT2D eigenvalue weighted by molar-refractivity contribution is -0.133. The number of aliphatic carboxylic acids is 1. The molecule has 1 saturated heterocycles. The number of nitrogens with zero attached hydrogens (tertiary/aromatic N) is 5. The first kappa shape index (κ1) is 14.3. The summed E-state index contributed by atoms with van der Waals surface area (Å²) in [5.41, 5.74) is 0. The average Bonchev–Trinajstić information content (AvgIpc) is 2.86. The van der Waals surface area contributed by atoms with E-state index in [4.69, 9.17) is 5.11 Å². The zero-order valence-electron chi connectivity index (χ0n) is 11.0. The number of hydrogen-bond donors (Lipinski definition) is 1. The third kappa shape index (κ3) is 4.17. The number of hydrogen-bond acceptors (Lipinski definition) is 6. The van der Waals surface area contributed by atoms with Gasteiger partial charge in [0.2, 0.25) is 5.16 Å². The molecule has 0 radical (unpaired) electrons. The zero-order chi connectivity index (χ0) is 13.7. The minimum atomic E-state index is -0.858. The molecule has 0 aromatic carbocycles. The molecule has 1 N–H and O–H groups in total. The molecule has 0 bridgehead atoms. The lowest BCUT2D eigenvalue weighted by atomic mass is 10.1. The molecule has 0 saturated carbocycles. The van der Waals surface area contributed by atoms with E-state index in [1.54, 1.807) is 4.68 Å². The van der Waals surface area contributed by atoms with Crippen molar-refractivity contribution in [3.05, 3.63) is 0 Å². The molecule has 1 aromatic heterocycles. The SMILES string of the molecule is CC(CN1CCCCC1)n1nnnc1SCC(=O)O. The summed E-state index contributed by atoms with van der Waals surface area (Å²) < 4.78 is 1.72. The third-order valence-electron chi connectivity index (χ3n) is 3.18. The minimum Gasteiger partial charge on any atom is -0.481 e. The largest absolute Gasteiger partial charge is 0.481 e. The van der Waals surface area contributed by atoms with Crippen LogP contribution in [0.5, 0.6) is 0 Å². The third-order valence-corrected chi connectivity index (χ3v) is 4.09. The summed E-state index contributed by atoms with van der Waals surface area (Å²) in [7, 11) is 0. The van der Waals surface area contributed by atoms with Crippen molar-refractivity contribution in [1.82, 2.24) is 25.1 Å². The van der Waals surface area contributed by atoms with E-state index in [0.717, 1.165) is 31.4 Å². The quantitative estimate of drug-likeness (QED) is 0.777. The highest BCUT2D eigenvalue weighted by Gasteiger charge is 2.18. The lowest BCUT2D eigenvalue weighted by Gasteiger charge is -2.29. The van der Waals surface area contributed by atoms with Crippen LogP contribution in [0.25, 0.3) is 0 Å². The summed E-state index contributed by atoms with van der Waals surface area (Å²) in [4.78, 5) is 13.0. The molecule has 0 amide bonds. The maximum Gasteiger partial charge on any atom is 0.313 e. The van der Waals surface area contributed by atoms with Crippen molar-refractivity contribution in [1.29, 1.82) is 0 Å². The van der Waals surface area contributed by atoms with Crippen molar-refractivity contribution in [2.75, 3.05) is 25.4 Å². The van der Waals surface area contributed by atoms with Crippen LogP contribution < -0.4 is 0 Å². The van der Waals surface area contributed by atoms with E-state index < -0.39 is 5.97 Å². The first-order valence-electron chi connectivity index (χ1n) is 6.51. The molecule has 1 unspecified atom stereocenters. The van der Waals surface area contributed by atoms with Gasteiger partial charge in [0.05, 0.1) is 11.8 Å². The van der Waals surface area contributed by atoms with Crippen molar-refractivity contribution >= 4 is 17.7 Å². The van der Waals surface area contributed by atoms with Gasteiger partial charge in [0.1, 0.15) is 0 Å². The Morgan fingerprint density at radius 1 is 1.42 bits per heavy atom. The Hall–Kier alpha value is -1.15. The molecule has 19 heavy (non-hydrogen) atoms. The van der Waals surface area contributed by atoms with Crippen molar-refractivity contribution in [2.24, 2.45) is 0 Å². The summed E-state index contributed by atoms with van der Waals surface area (Å²) in [6.45, 7) is 5.23. The Bertz CT molecular complexity index is 419. The summed E-state index contributed by atoms with van der Waals surface area (Å²) in [6, 6.07) is 0.157. The van der Waals surface area contributed by atoms with Crippen molar-refractivity contribution in [3.8, 4) is 0 Å². The van der Waals surface area contributed by atoms with Gasteiger partial charge in [0, 0.05) is 6.54 Å². The highest BCUT2D eigenvalue weighted by Crippen LogP contribution is 2.19. The van der Waals surface area contributed by atoms with E-state index in [0.29, 0.717) is 5.16 Å². The maximum absolute atomic E-state index is 10.6. The molecule has 1 atom stereocenters. The van der Waals surface area contributed by atoms with Crippen LogP contribution in [0.15, 0.2) is 5.16 Å². The molecule has 1 fully saturated rings. The van der Waals surface area contributed by atoms with Gasteiger partial charge in [0.25, 0.3) is 0 Å². The topological polar surface area (TPSA) is 84.1 Å². The van der Waals surface area contributed by atoms with E-state index in [1.165, 1.54) is 19.3 Å². The van der Waals surface area contributed by atoms with Gasteiger partial charge in [-0.2, -0.15) is 0 Å². The number of aromatic nitrogens is 4. The molecule has 1 aliphatic rings. The predicted molar refractivity (Wildman–Crippen MR) is 71.2 cm³/mol. The normalized spacial score (nSPS) is 18.4. The molecule has 106 valence electrons. The Balaban J connectivity index is 1.92. The van der Waals surface area contributed by atoms with Crippen LogP contribution in [0.4, 0.5) is 0 Å². The van der Waals surface area contributed by atoms with Crippen molar-refractivity contribution in [2.45, 2.75) is 37.4 Å². The van der Waals surface area contributed by atoms with E-state index in [-0.39, 0.29) is 11.8 Å². The van der Waals surface area contributed by atoms with Crippen LogP contribution in [0, 0.1) is 0 Å². The summed E-state index contributed by atoms with van der Waals surface area (Å²) in [5, 5.41) is 20.8. The number of tetrazole rings is 1. The first-order valence-corrected chi connectivity index (χ1v) is 7.50. The van der Waals surface area contributed by atoms with Crippen molar-refractivity contribution < 1.29 is 9.90 Å². The van der Waals surface area contributed by atoms with Gasteiger partial charge < -0.3 is 10.0 Å². The second-order valence-electron chi connectivity index (χ2n) is 4.80. The number of carboxylic acid groups (broad SMARTS) is 1. The molecule has 7 nitrogen and oxygen atoms in total. The molecule has 0 aliphatic carbocycles. The van der Waals surface area contributed by atoms with E-state index in [1.807, 2.05) is 0 Å². The van der Waals surface area contributed by atoms with E-state index >= 15 is 0 Å². The number of rotatable bonds is 6. The zero-order valence-corrected chi connectivity index (χ0v) is 11.8. The molecule has 2 heterocycles. The Morgan fingerprint density at radius 3 is 2.84 bits per heavy atom. The molecule has 1 aliphatic heterocycles. The maximum atomic E-state index is 10.6. The molecule has 8 heteroatoms. The summed E-state index contributed by atoms with van der Waals surface area (Å²) in [5.74, 6) is -0.875. The Morgan fingerprint density at radius 2 is 2.16 bits per heavy atom. The van der Waals surface area contributed by atoms with Gasteiger partial charge in [0.15, 0.2) is 0 Å². The highest BCUT2D eigenvalue weighted by molar-refractivity contribution is 7.99. The van der Waals surface area contributed by atoms with Crippen LogP contribution in [-0.2, 0) is 4.79 Å². The standard InChI is InChI=1S/C11H19N5O2S/c1-9(7-15-5-3-2-4-6-15)16-11(12-13-14-16)19-8-10(17)18/h9H,2-8H2,1H3,(H,17,18). The van der Waals surface area contributed by atoms with Gasteiger partial charge in [-0.15, -0.1) is 5.10 Å². The van der Waals surface area contributed by atoms with Gasteiger partial charge in [-0.05, 0) is 43.3 Å². The van der Waals surface area contributed by atoms with Gasteiger partial charge >= 0.3 is 5.97 Å². The van der Waals surface area contributed by atoms with Gasteiger partial charge in [-0.3, -0.25) is 4.79 Å². The smallest absolute Gasteiger partial charge is 0.313 e. The number of thioether (sulfide) groups is 1. The van der Waals surface area contributed by atoms with Gasteiger partial charge in [-0.25, -0.2) is 4.68 Å². The lowest BCUT2D eigenvalue weighted by Crippen LogP contribution is -2.34. The Labute approximate surface area is 116 Å².